The van der Waals surface area contributed by atoms with E-state index in [1.807, 2.05) is 18.2 Å². The number of aliphatic hydroxyl groups is 1. The molecule has 2 aliphatic heterocycles. The molecule has 0 spiro atoms. The third kappa shape index (κ3) is 5.46. The van der Waals surface area contributed by atoms with E-state index in [1.165, 1.54) is 42.0 Å². The minimum absolute atomic E-state index is 0.107. The summed E-state index contributed by atoms with van der Waals surface area (Å²) in [6, 6.07) is 10.6. The zero-order valence-electron chi connectivity index (χ0n) is 20.7. The van der Waals surface area contributed by atoms with Crippen molar-refractivity contribution in [1.82, 2.24) is 4.90 Å². The molecule has 0 aromatic heterocycles. The number of unbranched alkanes of at least 4 members (excludes halogenated alkanes) is 1. The molecule has 5 rings (SSSR count). The zero-order valence-corrected chi connectivity index (χ0v) is 20.7. The molecule has 1 saturated carbocycles. The molecule has 0 radical (unpaired) electrons. The van der Waals surface area contributed by atoms with Gasteiger partial charge in [-0.15, -0.1) is 0 Å². The molecule has 4 aliphatic rings. The molecule has 186 valence electrons. The number of rotatable bonds is 8. The van der Waals surface area contributed by atoms with Crippen molar-refractivity contribution >= 4 is 5.97 Å². The molecular weight excluding hydrogens is 438 g/mol. The van der Waals surface area contributed by atoms with E-state index in [-0.39, 0.29) is 11.9 Å². The van der Waals surface area contributed by atoms with Crippen molar-refractivity contribution in [1.29, 1.82) is 0 Å². The van der Waals surface area contributed by atoms with Gasteiger partial charge in [-0.3, -0.25) is 4.79 Å². The number of nitrogens with zero attached hydrogens (tertiary/aromatic N) is 1. The summed E-state index contributed by atoms with van der Waals surface area (Å²) >= 11 is 0. The van der Waals surface area contributed by atoms with Gasteiger partial charge in [-0.1, -0.05) is 60.6 Å². The molecule has 2 aliphatic carbocycles. The highest BCUT2D eigenvalue weighted by Crippen LogP contribution is 2.48. The minimum atomic E-state index is -0.503. The highest BCUT2D eigenvalue weighted by molar-refractivity contribution is 5.67. The number of hydrogen-bond acceptors (Lipinski definition) is 5. The molecule has 5 heteroatoms. The van der Waals surface area contributed by atoms with Gasteiger partial charge in [-0.2, -0.15) is 0 Å². The normalized spacial score (nSPS) is 25.6. The zero-order chi connectivity index (χ0) is 24.2. The van der Waals surface area contributed by atoms with Crippen molar-refractivity contribution in [2.45, 2.75) is 77.0 Å². The quantitative estimate of drug-likeness (QED) is 0.393. The summed E-state index contributed by atoms with van der Waals surface area (Å²) in [4.78, 5) is 14.3. The van der Waals surface area contributed by atoms with Crippen LogP contribution in [0.2, 0.25) is 0 Å². The van der Waals surface area contributed by atoms with E-state index in [0.29, 0.717) is 31.4 Å². The average Bonchev–Trinajstić information content (AvgIpc) is 2.86. The van der Waals surface area contributed by atoms with Crippen LogP contribution in [0, 0.1) is 5.92 Å². The first-order valence-corrected chi connectivity index (χ1v) is 13.2. The average molecular weight is 476 g/mol. The maximum Gasteiger partial charge on any atom is 0.307 e. The second-order valence-electron chi connectivity index (χ2n) is 10.2. The van der Waals surface area contributed by atoms with Crippen molar-refractivity contribution in [3.63, 3.8) is 0 Å². The molecule has 0 saturated heterocycles. The molecule has 3 atom stereocenters. The summed E-state index contributed by atoms with van der Waals surface area (Å²) in [7, 11) is 0. The number of hydrogen-bond donors (Lipinski definition) is 1. The Morgan fingerprint density at radius 1 is 1.14 bits per heavy atom. The standard InChI is InChI=1S/C30H37NO4/c1-21(32)35-29-18-24(33)19-31-28-13-6-5-12-26(28)25-15-14-22(17-27(25)30(29)31)9-7-8-16-34-20-23-10-3-2-4-11-23/h2-4,10-11,14-15,17,24,27-28,33H,5-9,12-13,16,18-20H2,1H3/t24-,27?,28+/m1/s1. The number of ether oxygens (including phenoxy) is 2. The fourth-order valence-electron chi connectivity index (χ4n) is 6.12. The summed E-state index contributed by atoms with van der Waals surface area (Å²) < 4.78 is 11.6. The molecule has 0 bridgehead atoms. The molecule has 1 fully saturated rings. The maximum absolute atomic E-state index is 11.9. The molecule has 1 unspecified atom stereocenters. The molecule has 1 aromatic carbocycles. The number of esters is 1. The van der Waals surface area contributed by atoms with Crippen molar-refractivity contribution in [3.05, 3.63) is 82.3 Å². The van der Waals surface area contributed by atoms with Gasteiger partial charge in [-0.25, -0.2) is 0 Å². The van der Waals surface area contributed by atoms with Gasteiger partial charge in [0.05, 0.1) is 24.4 Å². The van der Waals surface area contributed by atoms with E-state index < -0.39 is 6.10 Å². The maximum atomic E-state index is 11.9. The second-order valence-corrected chi connectivity index (χ2v) is 10.2. The molecule has 2 heterocycles. The van der Waals surface area contributed by atoms with Gasteiger partial charge in [0, 0.05) is 32.4 Å². The van der Waals surface area contributed by atoms with Crippen LogP contribution < -0.4 is 0 Å². The summed E-state index contributed by atoms with van der Waals surface area (Å²) in [6.07, 6.45) is 14.6. The summed E-state index contributed by atoms with van der Waals surface area (Å²) in [5.74, 6) is 0.451. The third-order valence-electron chi connectivity index (χ3n) is 7.62. The van der Waals surface area contributed by atoms with Gasteiger partial charge >= 0.3 is 5.97 Å². The van der Waals surface area contributed by atoms with Crippen LogP contribution in [0.15, 0.2) is 76.7 Å². The van der Waals surface area contributed by atoms with Crippen molar-refractivity contribution in [2.75, 3.05) is 13.2 Å². The lowest BCUT2D eigenvalue weighted by Crippen LogP contribution is -2.50. The second kappa shape index (κ2) is 11.0. The lowest BCUT2D eigenvalue weighted by atomic mass is 9.72. The van der Waals surface area contributed by atoms with Gasteiger partial charge in [0.2, 0.25) is 0 Å². The summed E-state index contributed by atoms with van der Waals surface area (Å²) in [5, 5.41) is 10.6. The summed E-state index contributed by atoms with van der Waals surface area (Å²) in [6.45, 7) is 3.49. The van der Waals surface area contributed by atoms with E-state index >= 15 is 0 Å². The lowest BCUT2D eigenvalue weighted by Gasteiger charge is -2.50. The largest absolute Gasteiger partial charge is 0.429 e. The Kier molecular flexibility index (Phi) is 7.54. The number of aliphatic hydroxyl groups excluding tert-OH is 1. The van der Waals surface area contributed by atoms with E-state index in [4.69, 9.17) is 9.47 Å². The first kappa shape index (κ1) is 24.1. The van der Waals surface area contributed by atoms with Gasteiger partial charge in [0.25, 0.3) is 0 Å². The van der Waals surface area contributed by atoms with Gasteiger partial charge in [-0.05, 0) is 55.2 Å². The molecule has 0 amide bonds. The monoisotopic (exact) mass is 475 g/mol. The molecule has 1 aromatic rings. The van der Waals surface area contributed by atoms with Crippen LogP contribution in [-0.2, 0) is 20.9 Å². The highest BCUT2D eigenvalue weighted by atomic mass is 16.5. The Morgan fingerprint density at radius 3 is 2.83 bits per heavy atom. The predicted molar refractivity (Wildman–Crippen MR) is 136 cm³/mol. The Labute approximate surface area is 208 Å². The minimum Gasteiger partial charge on any atom is -0.429 e. The van der Waals surface area contributed by atoms with Crippen molar-refractivity contribution in [3.8, 4) is 0 Å². The third-order valence-corrected chi connectivity index (χ3v) is 7.62. The molecule has 5 nitrogen and oxygen atoms in total. The Balaban J connectivity index is 1.29. The van der Waals surface area contributed by atoms with Crippen LogP contribution >= 0.6 is 0 Å². The fourth-order valence-corrected chi connectivity index (χ4v) is 6.12. The van der Waals surface area contributed by atoms with Crippen LogP contribution in [0.5, 0.6) is 0 Å². The summed E-state index contributed by atoms with van der Waals surface area (Å²) in [5.41, 5.74) is 6.55. The topological polar surface area (TPSA) is 59.0 Å². The lowest BCUT2D eigenvalue weighted by molar-refractivity contribution is -0.138. The first-order chi connectivity index (χ1) is 17.1. The Bertz CT molecular complexity index is 1050. The van der Waals surface area contributed by atoms with Crippen LogP contribution in [0.3, 0.4) is 0 Å². The van der Waals surface area contributed by atoms with E-state index in [0.717, 1.165) is 44.4 Å². The fraction of sp³-hybridized carbons (Fsp3) is 0.500. The number of fused-ring (bicyclic) bond motifs is 5. The molecule has 1 N–H and O–H groups in total. The molecular formula is C30H37NO4. The SMILES string of the molecule is CC(=O)OC1=C2C3C=C(CCCCOCc4ccccc4)C=CC3=C3CCCC[C@@H]3N2C[C@H](O)C1. The van der Waals surface area contributed by atoms with Crippen molar-refractivity contribution < 1.29 is 19.4 Å². The predicted octanol–water partition coefficient (Wildman–Crippen LogP) is 5.58. The number of allylic oxidation sites excluding steroid dienone is 4. The highest BCUT2D eigenvalue weighted by Gasteiger charge is 2.43. The van der Waals surface area contributed by atoms with Gasteiger partial charge in [0.15, 0.2) is 0 Å². The van der Waals surface area contributed by atoms with Crippen LogP contribution in [0.1, 0.15) is 63.9 Å². The number of benzene rings is 1. The smallest absolute Gasteiger partial charge is 0.307 e. The van der Waals surface area contributed by atoms with E-state index in [9.17, 15) is 9.90 Å². The first-order valence-electron chi connectivity index (χ1n) is 13.2. The van der Waals surface area contributed by atoms with Crippen LogP contribution in [0.25, 0.3) is 0 Å². The number of carbonyl (C=O) groups is 1. The Morgan fingerprint density at radius 2 is 2.00 bits per heavy atom. The van der Waals surface area contributed by atoms with Crippen molar-refractivity contribution in [2.24, 2.45) is 5.92 Å². The van der Waals surface area contributed by atoms with Crippen LogP contribution in [-0.4, -0.2) is 41.3 Å². The Hall–Kier alpha value is -2.63. The molecule has 35 heavy (non-hydrogen) atoms. The van der Waals surface area contributed by atoms with Gasteiger partial charge < -0.3 is 19.5 Å². The van der Waals surface area contributed by atoms with E-state index in [1.54, 1.807) is 0 Å². The van der Waals surface area contributed by atoms with E-state index in [2.05, 4.69) is 35.3 Å². The van der Waals surface area contributed by atoms with Crippen LogP contribution in [0.4, 0.5) is 0 Å². The number of carbonyl (C=O) groups excluding carboxylic acids is 1. The van der Waals surface area contributed by atoms with Gasteiger partial charge in [0.1, 0.15) is 5.76 Å².